The van der Waals surface area contributed by atoms with Crippen LogP contribution in [0.3, 0.4) is 0 Å². The molecule has 602 valence electrons. The van der Waals surface area contributed by atoms with Gasteiger partial charge >= 0.3 is 0 Å². The lowest BCUT2D eigenvalue weighted by molar-refractivity contribution is -0.137. The number of aromatic hydroxyl groups is 1. The van der Waals surface area contributed by atoms with Crippen molar-refractivity contribution in [1.29, 1.82) is 0 Å². The molecule has 0 aliphatic heterocycles. The number of phenolic OH excluding ortho intramolecular Hbond substituents is 1. The molecule has 0 bridgehead atoms. The van der Waals surface area contributed by atoms with Crippen LogP contribution in [0.2, 0.25) is 0 Å². The van der Waals surface area contributed by atoms with Gasteiger partial charge in [-0.05, 0) is 107 Å². The number of hydrogen-bond donors (Lipinski definition) is 13. The Balaban J connectivity index is 1.96. The Hall–Kier alpha value is -8.72. The number of aliphatic hydroxyl groups excluding tert-OH is 2. The van der Waals surface area contributed by atoms with Crippen LogP contribution in [0.25, 0.3) is 0 Å². The van der Waals surface area contributed by atoms with Crippen molar-refractivity contribution in [2.24, 2.45) is 74.3 Å². The zero-order chi connectivity index (χ0) is 80.1. The number of unbranched alkanes of at least 4 members (excludes halogenated alkanes) is 12. The fourth-order valence-electron chi connectivity index (χ4n) is 13.3. The summed E-state index contributed by atoms with van der Waals surface area (Å²) >= 11 is 0. The summed E-state index contributed by atoms with van der Waals surface area (Å²) < 4.78 is 0. The van der Waals surface area contributed by atoms with Gasteiger partial charge in [0.2, 0.25) is 29.5 Å². The van der Waals surface area contributed by atoms with Gasteiger partial charge in [-0.1, -0.05) is 161 Å². The molecule has 27 heteroatoms. The molecule has 0 spiro atoms. The lowest BCUT2D eigenvalue weighted by Crippen LogP contribution is -2.51. The Morgan fingerprint density at radius 2 is 0.926 bits per heavy atom. The monoisotopic (exact) mass is 1510 g/mol. The second-order valence-electron chi connectivity index (χ2n) is 30.0. The minimum atomic E-state index is -1.39. The van der Waals surface area contributed by atoms with Crippen LogP contribution >= 0.6 is 0 Å². The zero-order valence-corrected chi connectivity index (χ0v) is 65.5. The smallest absolute Gasteiger partial charge is 0.226 e. The van der Waals surface area contributed by atoms with Crippen LogP contribution in [0.1, 0.15) is 239 Å². The van der Waals surface area contributed by atoms with Gasteiger partial charge in [0, 0.05) is 100 Å². The number of nitrogens with two attached hydrogens (primary N) is 4. The molecule has 0 fully saturated rings. The number of aliphatic hydroxyl groups is 2. The molecule has 0 aliphatic rings. The largest absolute Gasteiger partial charge is 0.508 e. The standard InChI is InChI=1S/C81H129N13O14/c1-9-11-12-13-14-15-16-17-18-19-20-21-25-31-65(98)43-59(39-52(3)4)76(105)90-54(7)70(100)45-61(41-57-33-35-64(97)36-34-57)78(107)92-67(42-56-28-23-22-24-29-56)72(102)44-58(30-26-37-87-80(82)83)75(104)91-66(32-27-38-88-81(84)85)71(101)46-60(40-53(5)6)77(106)93-68(48-63-49-86-51-89-63)73(103)47-62(50-95)79(108)94-74(55(8)96)69(99)10-2/h22-24,28-29,33-36,49,51-55,58-62,66-68,74,95-97H,9-21,25-27,30-32,37-48,50H2,1-8H3,(H,86,89)(H,90,105)(H,91,104)(H,92,107)(H,93,106)(H,94,108)(H4,82,83,87)(H4,84,85,88)/t54-,55+,58+,59+,60+,61+,62-,66-,67-,68-,74-/m0/s1. The van der Waals surface area contributed by atoms with Crippen molar-refractivity contribution in [3.63, 3.8) is 0 Å². The number of nitrogens with zero attached hydrogens (tertiary/aromatic N) is 3. The number of nitrogens with one attached hydrogen (secondary N) is 6. The van der Waals surface area contributed by atoms with Gasteiger partial charge < -0.3 is 69.8 Å². The molecule has 3 rings (SSSR count). The van der Waals surface area contributed by atoms with E-state index >= 15 is 14.4 Å². The number of carbonyl (C=O) groups is 11. The summed E-state index contributed by atoms with van der Waals surface area (Å²) in [6.07, 6.45) is 15.8. The highest BCUT2D eigenvalue weighted by Gasteiger charge is 2.37. The number of hydrogen-bond acceptors (Lipinski definition) is 17. The molecular formula is C81H129N13O14. The van der Waals surface area contributed by atoms with Crippen LogP contribution < -0.4 is 49.5 Å². The highest BCUT2D eigenvalue weighted by Crippen LogP contribution is 2.26. The number of carbonyl (C=O) groups excluding carboxylic acids is 11. The Kier molecular flexibility index (Phi) is 45.3. The van der Waals surface area contributed by atoms with Gasteiger partial charge in [0.1, 0.15) is 17.6 Å². The van der Waals surface area contributed by atoms with Crippen LogP contribution in [0.5, 0.6) is 5.75 Å². The lowest BCUT2D eigenvalue weighted by Gasteiger charge is -2.27. The minimum Gasteiger partial charge on any atom is -0.508 e. The van der Waals surface area contributed by atoms with E-state index in [0.29, 0.717) is 29.7 Å². The first-order valence-electron chi connectivity index (χ1n) is 39.3. The number of amides is 5. The third-order valence-corrected chi connectivity index (χ3v) is 19.5. The number of Topliss-reactive ketones (excluding diaryl/α,β-unsaturated/α-hetero) is 6. The molecule has 17 N–H and O–H groups in total. The van der Waals surface area contributed by atoms with Crippen LogP contribution in [0, 0.1) is 41.4 Å². The number of imidazole rings is 1. The summed E-state index contributed by atoms with van der Waals surface area (Å²) in [5.41, 5.74) is 24.4. The van der Waals surface area contributed by atoms with Crippen molar-refractivity contribution >= 4 is 76.2 Å². The maximum atomic E-state index is 15.2. The van der Waals surface area contributed by atoms with Crippen molar-refractivity contribution in [3.05, 3.63) is 83.9 Å². The average molecular weight is 1510 g/mol. The predicted molar refractivity (Wildman–Crippen MR) is 418 cm³/mol. The van der Waals surface area contributed by atoms with Crippen molar-refractivity contribution < 1.29 is 68.1 Å². The van der Waals surface area contributed by atoms with Gasteiger partial charge in [-0.15, -0.1) is 0 Å². The van der Waals surface area contributed by atoms with Crippen LogP contribution in [-0.2, 0) is 72.0 Å². The lowest BCUT2D eigenvalue weighted by atomic mass is 9.87. The summed E-state index contributed by atoms with van der Waals surface area (Å²) in [6, 6.07) is 8.56. The molecular weight excluding hydrogens is 1380 g/mol. The summed E-state index contributed by atoms with van der Waals surface area (Å²) in [5, 5.41) is 44.7. The number of aliphatic imine (C=N–C) groups is 2. The van der Waals surface area contributed by atoms with E-state index in [4.69, 9.17) is 22.9 Å². The molecule has 0 saturated heterocycles. The van der Waals surface area contributed by atoms with Gasteiger partial charge in [0.25, 0.3) is 0 Å². The van der Waals surface area contributed by atoms with Gasteiger partial charge in [-0.25, -0.2) is 4.98 Å². The van der Waals surface area contributed by atoms with Crippen LogP contribution in [0.4, 0.5) is 0 Å². The number of ketones is 6. The Bertz CT molecular complexity index is 3280. The maximum absolute atomic E-state index is 15.2. The molecule has 1 heterocycles. The molecule has 0 aliphatic carbocycles. The van der Waals surface area contributed by atoms with Crippen LogP contribution in [0.15, 0.2) is 77.1 Å². The Labute approximate surface area is 639 Å². The van der Waals surface area contributed by atoms with E-state index in [1.807, 2.05) is 27.7 Å². The molecule has 27 nitrogen and oxygen atoms in total. The van der Waals surface area contributed by atoms with Crippen molar-refractivity contribution in [3.8, 4) is 5.75 Å². The second kappa shape index (κ2) is 52.4. The van der Waals surface area contributed by atoms with E-state index in [2.05, 4.69) is 53.5 Å². The number of phenols is 1. The van der Waals surface area contributed by atoms with E-state index in [1.54, 1.807) is 49.4 Å². The highest BCUT2D eigenvalue weighted by atomic mass is 16.3. The third-order valence-electron chi connectivity index (χ3n) is 19.5. The van der Waals surface area contributed by atoms with Crippen LogP contribution in [-0.4, -0.2) is 157 Å². The van der Waals surface area contributed by atoms with Crippen molar-refractivity contribution in [2.45, 2.75) is 278 Å². The number of rotatable bonds is 60. The molecule has 2 aromatic carbocycles. The zero-order valence-electron chi connectivity index (χ0n) is 65.5. The van der Waals surface area contributed by atoms with Gasteiger partial charge in [0.05, 0.1) is 49.1 Å². The molecule has 108 heavy (non-hydrogen) atoms. The molecule has 0 radical (unpaired) electrons. The molecule has 5 amide bonds. The SMILES string of the molecule is CCCCCCCCCCCCCCCC(=O)C[C@@H](CC(C)C)C(=O)N[C@@H](C)C(=O)C[C@@H](Cc1ccc(O)cc1)C(=O)N[C@@H](Cc1ccccc1)C(=O)C[C@@H](CCCN=C(N)N)C(=O)N[C@@H](CCCN=C(N)N)C(=O)C[C@@H](CC(C)C)C(=O)N[C@@H](Cc1cnc[nH]1)C(=O)C[C@@H](CO)C(=O)N[C@H](C(=O)CC)[C@@H](C)O. The van der Waals surface area contributed by atoms with Crippen molar-refractivity contribution in [2.75, 3.05) is 19.7 Å². The second-order valence-corrected chi connectivity index (χ2v) is 30.0. The molecule has 3 aromatic rings. The van der Waals surface area contributed by atoms with E-state index in [0.717, 1.165) is 25.7 Å². The molecule has 1 aromatic heterocycles. The number of aromatic nitrogens is 2. The maximum Gasteiger partial charge on any atom is 0.226 e. The quantitative estimate of drug-likeness (QED) is 0.0148. The summed E-state index contributed by atoms with van der Waals surface area (Å²) in [4.78, 5) is 172. The summed E-state index contributed by atoms with van der Waals surface area (Å²) in [5.74, 6) is -12.5. The normalized spacial score (nSPS) is 14.4. The van der Waals surface area contributed by atoms with Crippen molar-refractivity contribution in [1.82, 2.24) is 36.6 Å². The van der Waals surface area contributed by atoms with Gasteiger partial charge in [-0.3, -0.25) is 62.7 Å². The first-order chi connectivity index (χ1) is 51.4. The van der Waals surface area contributed by atoms with E-state index in [9.17, 15) is 53.7 Å². The number of aromatic amines is 1. The topological polar surface area (TPSA) is 466 Å². The number of guanidine groups is 2. The van der Waals surface area contributed by atoms with Gasteiger partial charge in [0.15, 0.2) is 40.8 Å². The number of H-pyrrole nitrogens is 1. The average Bonchev–Trinajstić information content (AvgIpc) is 0.910. The fraction of sp³-hybridized carbons (Fsp3) is 0.654. The minimum absolute atomic E-state index is 0.0105. The molecule has 0 saturated carbocycles. The first-order valence-corrected chi connectivity index (χ1v) is 39.3. The van der Waals surface area contributed by atoms with Gasteiger partial charge in [-0.2, -0.15) is 0 Å². The van der Waals surface area contributed by atoms with E-state index < -0.39 is 157 Å². The fourth-order valence-corrected chi connectivity index (χ4v) is 13.3. The summed E-state index contributed by atoms with van der Waals surface area (Å²) in [6.45, 7) is 13.5. The highest BCUT2D eigenvalue weighted by molar-refractivity contribution is 5.99. The molecule has 11 atom stereocenters. The third kappa shape index (κ3) is 38.4. The number of benzene rings is 2. The Morgan fingerprint density at radius 3 is 1.44 bits per heavy atom. The van der Waals surface area contributed by atoms with E-state index in [1.165, 1.54) is 96.3 Å². The molecule has 0 unspecified atom stereocenters. The Morgan fingerprint density at radius 1 is 0.472 bits per heavy atom. The van der Waals surface area contributed by atoms with E-state index in [-0.39, 0.29) is 113 Å². The predicted octanol–water partition coefficient (Wildman–Crippen LogP) is 7.50. The first kappa shape index (κ1) is 93.5. The summed E-state index contributed by atoms with van der Waals surface area (Å²) in [7, 11) is 0.